The van der Waals surface area contributed by atoms with Gasteiger partial charge < -0.3 is 20.7 Å². The second kappa shape index (κ2) is 10.9. The van der Waals surface area contributed by atoms with Crippen molar-refractivity contribution >= 4 is 34.3 Å². The highest BCUT2D eigenvalue weighted by Crippen LogP contribution is 2.25. The van der Waals surface area contributed by atoms with Gasteiger partial charge >= 0.3 is 0 Å². The van der Waals surface area contributed by atoms with E-state index in [0.717, 1.165) is 35.4 Å². The number of fused-ring (bicyclic) bond motifs is 3. The maximum atomic E-state index is 12.6. The SMILES string of the molecule is COc1ccc2c(c1)nc(NCCCCNC(=O)C(NC(=O)C(C)(C)C)C(C)C)c1nnc(C)n12. The highest BCUT2D eigenvalue weighted by molar-refractivity contribution is 5.89. The Morgan fingerprint density at radius 1 is 1.11 bits per heavy atom. The first kappa shape index (κ1) is 26.2. The molecular formula is C25H37N7O3. The molecule has 0 saturated carbocycles. The minimum absolute atomic E-state index is 0.00501. The third-order valence-corrected chi connectivity index (χ3v) is 5.80. The summed E-state index contributed by atoms with van der Waals surface area (Å²) in [5.74, 6) is 1.87. The van der Waals surface area contributed by atoms with Crippen molar-refractivity contribution in [3.8, 4) is 5.75 Å². The molecule has 0 saturated heterocycles. The van der Waals surface area contributed by atoms with Crippen LogP contribution >= 0.6 is 0 Å². The molecule has 0 fully saturated rings. The van der Waals surface area contributed by atoms with Gasteiger partial charge in [0.15, 0.2) is 5.82 Å². The molecule has 3 N–H and O–H groups in total. The lowest BCUT2D eigenvalue weighted by Gasteiger charge is -2.26. The molecule has 0 aliphatic heterocycles. The van der Waals surface area contributed by atoms with Gasteiger partial charge in [0.1, 0.15) is 17.6 Å². The van der Waals surface area contributed by atoms with Gasteiger partial charge in [-0.15, -0.1) is 10.2 Å². The predicted molar refractivity (Wildman–Crippen MR) is 137 cm³/mol. The Kier molecular flexibility index (Phi) is 8.14. The van der Waals surface area contributed by atoms with Crippen LogP contribution in [-0.2, 0) is 9.59 Å². The van der Waals surface area contributed by atoms with Gasteiger partial charge in [-0.05, 0) is 37.8 Å². The Morgan fingerprint density at radius 3 is 2.49 bits per heavy atom. The minimum Gasteiger partial charge on any atom is -0.497 e. The van der Waals surface area contributed by atoms with Gasteiger partial charge in [-0.2, -0.15) is 0 Å². The number of methoxy groups -OCH3 is 1. The fourth-order valence-corrected chi connectivity index (χ4v) is 3.67. The summed E-state index contributed by atoms with van der Waals surface area (Å²) in [6, 6.07) is 5.18. The van der Waals surface area contributed by atoms with Gasteiger partial charge in [-0.25, -0.2) is 4.98 Å². The number of anilines is 1. The molecule has 2 aromatic heterocycles. The molecule has 10 nitrogen and oxygen atoms in total. The Labute approximate surface area is 206 Å². The first-order valence-electron chi connectivity index (χ1n) is 12.0. The first-order chi connectivity index (χ1) is 16.5. The van der Waals surface area contributed by atoms with Gasteiger partial charge in [-0.3, -0.25) is 14.0 Å². The lowest BCUT2D eigenvalue weighted by molar-refractivity contribution is -0.134. The Bertz CT molecular complexity index is 1200. The molecule has 35 heavy (non-hydrogen) atoms. The molecule has 1 atom stereocenters. The minimum atomic E-state index is -0.553. The summed E-state index contributed by atoms with van der Waals surface area (Å²) in [7, 11) is 1.63. The van der Waals surface area contributed by atoms with Crippen LogP contribution in [0, 0.1) is 18.3 Å². The van der Waals surface area contributed by atoms with Gasteiger partial charge in [-0.1, -0.05) is 34.6 Å². The van der Waals surface area contributed by atoms with Gasteiger partial charge in [0.25, 0.3) is 0 Å². The third-order valence-electron chi connectivity index (χ3n) is 5.80. The normalized spacial score (nSPS) is 12.7. The fourth-order valence-electron chi connectivity index (χ4n) is 3.67. The number of carbonyl (C=O) groups excluding carboxylic acids is 2. The number of carbonyl (C=O) groups is 2. The number of aryl methyl sites for hydroxylation is 1. The second-order valence-corrected chi connectivity index (χ2v) is 10.1. The molecule has 0 aliphatic carbocycles. The smallest absolute Gasteiger partial charge is 0.242 e. The van der Waals surface area contributed by atoms with E-state index in [2.05, 4.69) is 26.1 Å². The molecular weight excluding hydrogens is 446 g/mol. The zero-order valence-electron chi connectivity index (χ0n) is 21.7. The molecule has 1 aromatic carbocycles. The second-order valence-electron chi connectivity index (χ2n) is 10.1. The topological polar surface area (TPSA) is 123 Å². The average Bonchev–Trinajstić information content (AvgIpc) is 3.19. The molecule has 0 spiro atoms. The van der Waals surface area contributed by atoms with Crippen LogP contribution in [0.1, 0.15) is 53.3 Å². The number of amides is 2. The van der Waals surface area contributed by atoms with Crippen LogP contribution in [0.4, 0.5) is 5.82 Å². The highest BCUT2D eigenvalue weighted by Gasteiger charge is 2.29. The first-order valence-corrected chi connectivity index (χ1v) is 12.0. The fraction of sp³-hybridized carbons (Fsp3) is 0.560. The van der Waals surface area contributed by atoms with Crippen LogP contribution in [-0.4, -0.2) is 57.6 Å². The van der Waals surface area contributed by atoms with E-state index < -0.39 is 11.5 Å². The van der Waals surface area contributed by atoms with Crippen molar-refractivity contribution in [2.75, 3.05) is 25.5 Å². The molecule has 0 radical (unpaired) electrons. The third kappa shape index (κ3) is 6.17. The summed E-state index contributed by atoms with van der Waals surface area (Å²) in [5.41, 5.74) is 1.82. The zero-order valence-corrected chi connectivity index (χ0v) is 21.7. The average molecular weight is 484 g/mol. The number of hydrogen-bond donors (Lipinski definition) is 3. The van der Waals surface area contributed by atoms with E-state index in [1.165, 1.54) is 0 Å². The van der Waals surface area contributed by atoms with E-state index >= 15 is 0 Å². The monoisotopic (exact) mass is 483 g/mol. The van der Waals surface area contributed by atoms with Crippen LogP contribution in [0.15, 0.2) is 18.2 Å². The summed E-state index contributed by atoms with van der Waals surface area (Å²) in [4.78, 5) is 29.7. The van der Waals surface area contributed by atoms with Gasteiger partial charge in [0.05, 0.1) is 18.1 Å². The lowest BCUT2D eigenvalue weighted by Crippen LogP contribution is -2.52. The summed E-state index contributed by atoms with van der Waals surface area (Å²) in [6.07, 6.45) is 1.60. The van der Waals surface area contributed by atoms with E-state index in [1.54, 1.807) is 7.11 Å². The molecule has 1 unspecified atom stereocenters. The largest absolute Gasteiger partial charge is 0.497 e. The van der Waals surface area contributed by atoms with Gasteiger partial charge in [0.2, 0.25) is 17.5 Å². The number of unbranched alkanes of at least 4 members (excludes halogenated alkanes) is 1. The molecule has 2 amide bonds. The zero-order chi connectivity index (χ0) is 25.8. The number of rotatable bonds is 10. The maximum Gasteiger partial charge on any atom is 0.242 e. The van der Waals surface area contributed by atoms with Crippen LogP contribution in [0.3, 0.4) is 0 Å². The van der Waals surface area contributed by atoms with E-state index in [4.69, 9.17) is 9.72 Å². The van der Waals surface area contributed by atoms with Crippen LogP contribution in [0.25, 0.3) is 16.7 Å². The van der Waals surface area contributed by atoms with E-state index in [9.17, 15) is 9.59 Å². The Morgan fingerprint density at radius 2 is 1.83 bits per heavy atom. The van der Waals surface area contributed by atoms with Crippen molar-refractivity contribution in [3.63, 3.8) is 0 Å². The van der Waals surface area contributed by atoms with Crippen molar-refractivity contribution in [1.82, 2.24) is 30.2 Å². The number of ether oxygens (including phenoxy) is 1. The summed E-state index contributed by atoms with van der Waals surface area (Å²) >= 11 is 0. The van der Waals surface area contributed by atoms with Crippen molar-refractivity contribution in [2.24, 2.45) is 11.3 Å². The summed E-state index contributed by atoms with van der Waals surface area (Å²) < 4.78 is 7.32. The molecule has 2 heterocycles. The quantitative estimate of drug-likeness (QED) is 0.379. The van der Waals surface area contributed by atoms with E-state index in [-0.39, 0.29) is 17.7 Å². The van der Waals surface area contributed by atoms with Crippen LogP contribution < -0.4 is 20.7 Å². The van der Waals surface area contributed by atoms with Crippen molar-refractivity contribution in [1.29, 1.82) is 0 Å². The Hall–Kier alpha value is -3.43. The summed E-state index contributed by atoms with van der Waals surface area (Å²) in [6.45, 7) is 12.4. The highest BCUT2D eigenvalue weighted by atomic mass is 16.5. The molecule has 0 bridgehead atoms. The predicted octanol–water partition coefficient (Wildman–Crippen LogP) is 3.09. The molecule has 3 rings (SSSR count). The molecule has 10 heteroatoms. The van der Waals surface area contributed by atoms with E-state index in [1.807, 2.05) is 64.1 Å². The molecule has 0 aliphatic rings. The van der Waals surface area contributed by atoms with Crippen molar-refractivity contribution in [3.05, 3.63) is 24.0 Å². The van der Waals surface area contributed by atoms with Crippen molar-refractivity contribution < 1.29 is 14.3 Å². The number of hydrogen-bond acceptors (Lipinski definition) is 7. The molecule has 3 aromatic rings. The summed E-state index contributed by atoms with van der Waals surface area (Å²) in [5, 5.41) is 17.7. The van der Waals surface area contributed by atoms with Crippen molar-refractivity contribution in [2.45, 2.75) is 60.4 Å². The number of nitrogens with one attached hydrogen (secondary N) is 3. The Balaban J connectivity index is 1.55. The standard InChI is InChI=1S/C25H37N7O3/c1-15(2)20(29-24(34)25(4,5)6)23(33)27-13-9-8-12-26-21-22-31-30-16(3)32(22)19-11-10-17(35-7)14-18(19)28-21/h10-11,14-15,20H,8-9,12-13H2,1-7H3,(H,26,28)(H,27,33)(H,29,34). The lowest BCUT2D eigenvalue weighted by atomic mass is 9.93. The maximum absolute atomic E-state index is 12.6. The number of benzene rings is 1. The van der Waals surface area contributed by atoms with E-state index in [0.29, 0.717) is 24.6 Å². The van der Waals surface area contributed by atoms with Gasteiger partial charge in [0, 0.05) is 24.6 Å². The molecule has 190 valence electrons. The van der Waals surface area contributed by atoms with Crippen LogP contribution in [0.5, 0.6) is 5.75 Å². The number of aromatic nitrogens is 4. The number of nitrogens with zero attached hydrogens (tertiary/aromatic N) is 4. The van der Waals surface area contributed by atoms with Crippen LogP contribution in [0.2, 0.25) is 0 Å².